The maximum Gasteiger partial charge on any atom is 0.350 e. The van der Waals surface area contributed by atoms with E-state index in [1.54, 1.807) is 35.6 Å². The van der Waals surface area contributed by atoms with Crippen LogP contribution in [0.25, 0.3) is 5.69 Å². The van der Waals surface area contributed by atoms with Crippen LogP contribution >= 0.6 is 23.2 Å². The molecule has 0 bridgehead atoms. The number of ether oxygens (including phenoxy) is 3. The Kier molecular flexibility index (Phi) is 9.19. The van der Waals surface area contributed by atoms with Gasteiger partial charge in [0.25, 0.3) is 0 Å². The van der Waals surface area contributed by atoms with E-state index < -0.39 is 5.79 Å². The number of imidazole rings is 1. The molecule has 2 atom stereocenters. The molecule has 48 heavy (non-hydrogen) atoms. The largest absolute Gasteiger partial charge is 0.491 e. The highest BCUT2D eigenvalue weighted by molar-refractivity contribution is 6.35. The minimum absolute atomic E-state index is 0.0153. The lowest BCUT2D eigenvalue weighted by Crippen LogP contribution is -2.46. The van der Waals surface area contributed by atoms with Crippen LogP contribution in [0.1, 0.15) is 25.5 Å². The Hall–Kier alpha value is -4.29. The first kappa shape index (κ1) is 32.3. The summed E-state index contributed by atoms with van der Waals surface area (Å²) in [4.78, 5) is 21.5. The smallest absolute Gasteiger partial charge is 0.350 e. The normalized spacial score (nSPS) is 19.7. The summed E-state index contributed by atoms with van der Waals surface area (Å²) in [5.74, 6) is -0.336. The Morgan fingerprint density at radius 3 is 2.19 bits per heavy atom. The summed E-state index contributed by atoms with van der Waals surface area (Å²) < 4.78 is 23.9. The third-order valence-electron chi connectivity index (χ3n) is 8.74. The number of halogens is 2. The highest BCUT2D eigenvalue weighted by Gasteiger charge is 2.45. The fourth-order valence-electron chi connectivity index (χ4n) is 6.21. The van der Waals surface area contributed by atoms with Crippen LogP contribution in [0.2, 0.25) is 10.0 Å². The van der Waals surface area contributed by atoms with E-state index in [9.17, 15) is 4.79 Å². The first-order chi connectivity index (χ1) is 23.3. The lowest BCUT2D eigenvalue weighted by Gasteiger charge is -2.37. The van der Waals surface area contributed by atoms with Gasteiger partial charge >= 0.3 is 5.69 Å². The van der Waals surface area contributed by atoms with E-state index in [0.717, 1.165) is 49.0 Å². The number of hydrogen-bond donors (Lipinski definition) is 0. The molecule has 0 aliphatic carbocycles. The molecule has 2 aromatic heterocycles. The van der Waals surface area contributed by atoms with Gasteiger partial charge in [0.1, 0.15) is 24.8 Å². The van der Waals surface area contributed by atoms with E-state index in [1.807, 2.05) is 54.9 Å². The van der Waals surface area contributed by atoms with Crippen LogP contribution in [0.5, 0.6) is 5.75 Å². The number of piperazine rings is 1. The van der Waals surface area contributed by atoms with Crippen molar-refractivity contribution in [2.45, 2.75) is 38.3 Å². The Balaban J connectivity index is 0.929. The van der Waals surface area contributed by atoms with E-state index in [2.05, 4.69) is 44.1 Å². The first-order valence-electron chi connectivity index (χ1n) is 16.0. The van der Waals surface area contributed by atoms with Gasteiger partial charge in [-0.15, -0.1) is 0 Å². The molecule has 250 valence electrons. The van der Waals surface area contributed by atoms with Gasteiger partial charge in [0.15, 0.2) is 0 Å². The minimum Gasteiger partial charge on any atom is -0.491 e. The van der Waals surface area contributed by atoms with Crippen LogP contribution in [0.3, 0.4) is 0 Å². The maximum absolute atomic E-state index is 12.6. The lowest BCUT2D eigenvalue weighted by molar-refractivity contribution is -0.189. The second kappa shape index (κ2) is 13.7. The molecule has 3 aromatic carbocycles. The van der Waals surface area contributed by atoms with Gasteiger partial charge in [-0.1, -0.05) is 29.3 Å². The summed E-state index contributed by atoms with van der Waals surface area (Å²) in [6.07, 6.45) is 6.57. The van der Waals surface area contributed by atoms with Crippen molar-refractivity contribution in [1.82, 2.24) is 23.9 Å². The predicted molar refractivity (Wildman–Crippen MR) is 186 cm³/mol. The number of rotatable bonds is 10. The highest BCUT2D eigenvalue weighted by Crippen LogP contribution is 2.40. The zero-order valence-electron chi connectivity index (χ0n) is 26.8. The zero-order valence-corrected chi connectivity index (χ0v) is 28.3. The van der Waals surface area contributed by atoms with Crippen LogP contribution in [0.15, 0.2) is 96.6 Å². The molecular weight excluding hydrogens is 653 g/mol. The molecule has 2 aliphatic rings. The zero-order chi connectivity index (χ0) is 33.3. The molecule has 2 fully saturated rings. The average Bonchev–Trinajstić information content (AvgIpc) is 3.85. The summed E-state index contributed by atoms with van der Waals surface area (Å²) in [5, 5.41) is 5.25. The number of aromatic nitrogens is 5. The van der Waals surface area contributed by atoms with E-state index in [0.29, 0.717) is 35.4 Å². The molecule has 0 N–H and O–H groups in total. The monoisotopic (exact) mass is 689 g/mol. The summed E-state index contributed by atoms with van der Waals surface area (Å²) in [6, 6.07) is 21.6. The van der Waals surface area contributed by atoms with E-state index in [1.165, 1.54) is 4.68 Å². The molecule has 11 nitrogen and oxygen atoms in total. The van der Waals surface area contributed by atoms with E-state index in [-0.39, 0.29) is 17.8 Å². The van der Waals surface area contributed by atoms with Crippen LogP contribution in [-0.2, 0) is 21.8 Å². The van der Waals surface area contributed by atoms with Gasteiger partial charge in [0, 0.05) is 60.5 Å². The highest BCUT2D eigenvalue weighted by atomic mass is 35.5. The molecular formula is C35H37Cl2N7O4. The third kappa shape index (κ3) is 6.68. The average molecular weight is 691 g/mol. The van der Waals surface area contributed by atoms with Crippen LogP contribution in [0, 0.1) is 0 Å². The van der Waals surface area contributed by atoms with Gasteiger partial charge in [-0.2, -0.15) is 5.10 Å². The molecule has 0 amide bonds. The second-order valence-corrected chi connectivity index (χ2v) is 13.1. The number of anilines is 2. The Labute approximate surface area is 288 Å². The molecule has 13 heteroatoms. The van der Waals surface area contributed by atoms with E-state index in [4.69, 9.17) is 37.4 Å². The molecule has 7 rings (SSSR count). The topological polar surface area (TPSA) is 91.8 Å². The lowest BCUT2D eigenvalue weighted by atomic mass is 10.1. The fourth-order valence-corrected chi connectivity index (χ4v) is 6.76. The first-order valence-corrected chi connectivity index (χ1v) is 16.8. The van der Waals surface area contributed by atoms with Crippen molar-refractivity contribution in [3.05, 3.63) is 118 Å². The quantitative estimate of drug-likeness (QED) is 0.182. The second-order valence-electron chi connectivity index (χ2n) is 12.3. The fraction of sp³-hybridized carbons (Fsp3) is 0.343. The Morgan fingerprint density at radius 2 is 1.58 bits per heavy atom. The molecule has 0 radical (unpaired) electrons. The predicted octanol–water partition coefficient (Wildman–Crippen LogP) is 5.79. The van der Waals surface area contributed by atoms with Gasteiger partial charge in [-0.3, -0.25) is 0 Å². The van der Waals surface area contributed by atoms with Crippen LogP contribution in [-0.4, -0.2) is 69.4 Å². The standard InChI is InChI=1S/C35H37Cl2N7O4/c1-25(2)44-34(45)43(24-39-44)29-6-4-27(5-7-29)41-15-17-42(18-16-41)28-8-10-30(11-9-28)46-20-31-21-47-35(48-31,22-40-14-13-38-23-40)32-12-3-26(36)19-33(32)37/h3-14,19,23-25,31H,15-18,20-22H2,1-2H3. The molecule has 4 heterocycles. The van der Waals surface area contributed by atoms with Crippen molar-refractivity contribution < 1.29 is 14.2 Å². The SMILES string of the molecule is CC(C)n1ncn(-c2ccc(N3CCN(c4ccc(OCC5COC(Cn6ccnc6)(c6ccc(Cl)cc6Cl)O5)cc4)CC3)cc2)c1=O. The van der Waals surface area contributed by atoms with Crippen molar-refractivity contribution in [3.8, 4) is 11.4 Å². The van der Waals surface area contributed by atoms with Gasteiger partial charge in [-0.05, 0) is 74.5 Å². The van der Waals surface area contributed by atoms with E-state index >= 15 is 0 Å². The Morgan fingerprint density at radius 1 is 0.917 bits per heavy atom. The number of benzene rings is 3. The molecule has 5 aromatic rings. The van der Waals surface area contributed by atoms with Crippen molar-refractivity contribution in [3.63, 3.8) is 0 Å². The molecule has 0 spiro atoms. The van der Waals surface area contributed by atoms with Crippen molar-refractivity contribution in [2.24, 2.45) is 0 Å². The molecule has 2 aliphatic heterocycles. The molecule has 2 unspecified atom stereocenters. The number of nitrogens with zero attached hydrogens (tertiary/aromatic N) is 7. The molecule has 0 saturated carbocycles. The van der Waals surface area contributed by atoms with Crippen molar-refractivity contribution in [1.29, 1.82) is 0 Å². The summed E-state index contributed by atoms with van der Waals surface area (Å²) in [5.41, 5.74) is 3.67. The Bertz CT molecular complexity index is 1890. The maximum atomic E-state index is 12.6. The van der Waals surface area contributed by atoms with Gasteiger partial charge in [0.05, 0.1) is 36.2 Å². The number of hydrogen-bond acceptors (Lipinski definition) is 8. The van der Waals surface area contributed by atoms with Gasteiger partial charge < -0.3 is 28.6 Å². The summed E-state index contributed by atoms with van der Waals surface area (Å²) >= 11 is 12.8. The molecule has 2 saturated heterocycles. The van der Waals surface area contributed by atoms with Gasteiger partial charge in [-0.25, -0.2) is 19.0 Å². The van der Waals surface area contributed by atoms with Crippen molar-refractivity contribution in [2.75, 3.05) is 49.2 Å². The van der Waals surface area contributed by atoms with Crippen molar-refractivity contribution >= 4 is 34.6 Å². The summed E-state index contributed by atoms with van der Waals surface area (Å²) in [6.45, 7) is 8.50. The van der Waals surface area contributed by atoms with Crippen LogP contribution < -0.4 is 20.2 Å². The van der Waals surface area contributed by atoms with Gasteiger partial charge in [0.2, 0.25) is 5.79 Å². The summed E-state index contributed by atoms with van der Waals surface area (Å²) in [7, 11) is 0. The third-order valence-corrected chi connectivity index (χ3v) is 9.29. The minimum atomic E-state index is -1.10. The van der Waals surface area contributed by atoms with Crippen LogP contribution in [0.4, 0.5) is 11.4 Å².